The maximum Gasteiger partial charge on any atom is 0.264 e. The van der Waals surface area contributed by atoms with Gasteiger partial charge in [0.15, 0.2) is 0 Å². The Kier molecular flexibility index (Phi) is 4.24. The van der Waals surface area contributed by atoms with Crippen molar-refractivity contribution in [2.75, 3.05) is 0 Å². The number of hydrogen-bond donors (Lipinski definition) is 1. The first-order valence-corrected chi connectivity index (χ1v) is 8.92. The third-order valence-corrected chi connectivity index (χ3v) is 5.51. The Hall–Kier alpha value is -2.11. The summed E-state index contributed by atoms with van der Waals surface area (Å²) in [5.74, 6) is 0.365. The Labute approximate surface area is 140 Å². The van der Waals surface area contributed by atoms with Gasteiger partial charge >= 0.3 is 0 Å². The van der Waals surface area contributed by atoms with Crippen LogP contribution in [0.2, 0.25) is 5.02 Å². The van der Waals surface area contributed by atoms with Crippen LogP contribution in [0, 0.1) is 0 Å². The van der Waals surface area contributed by atoms with E-state index < -0.39 is 10.0 Å². The fourth-order valence-corrected chi connectivity index (χ4v) is 4.18. The largest absolute Gasteiger partial charge is 0.264 e. The smallest absolute Gasteiger partial charge is 0.263 e. The van der Waals surface area contributed by atoms with E-state index in [1.807, 2.05) is 36.4 Å². The molecule has 2 aromatic rings. The molecule has 4 nitrogen and oxygen atoms in total. The molecule has 3 rings (SSSR count). The van der Waals surface area contributed by atoms with E-state index in [1.54, 1.807) is 25.1 Å². The first-order chi connectivity index (χ1) is 11.0. The number of aliphatic imine (C=N–C) groups is 1. The summed E-state index contributed by atoms with van der Waals surface area (Å²) in [7, 11) is -3.59. The van der Waals surface area contributed by atoms with Gasteiger partial charge in [-0.1, -0.05) is 60.1 Å². The second kappa shape index (κ2) is 6.18. The highest BCUT2D eigenvalue weighted by Crippen LogP contribution is 2.29. The molecule has 1 N–H and O–H groups in total. The molecule has 23 heavy (non-hydrogen) atoms. The number of nitrogens with one attached hydrogen (secondary N) is 1. The fourth-order valence-electron chi connectivity index (χ4n) is 2.47. The SMILES string of the molecule is CC1=C(c2ccccc2)S(=O)(=O)NC1=NCc1ccccc1Cl. The Balaban J connectivity index is 1.98. The third kappa shape index (κ3) is 3.16. The molecule has 0 radical (unpaired) electrons. The van der Waals surface area contributed by atoms with E-state index in [9.17, 15) is 8.42 Å². The van der Waals surface area contributed by atoms with E-state index in [4.69, 9.17) is 11.6 Å². The second-order valence-electron chi connectivity index (χ2n) is 5.18. The maximum atomic E-state index is 12.4. The van der Waals surface area contributed by atoms with Gasteiger partial charge < -0.3 is 0 Å². The summed E-state index contributed by atoms with van der Waals surface area (Å²) >= 11 is 6.11. The van der Waals surface area contributed by atoms with Gasteiger partial charge in [0.25, 0.3) is 10.0 Å². The highest BCUT2D eigenvalue weighted by atomic mass is 35.5. The van der Waals surface area contributed by atoms with E-state index in [2.05, 4.69) is 9.71 Å². The lowest BCUT2D eigenvalue weighted by Crippen LogP contribution is -2.23. The van der Waals surface area contributed by atoms with Crippen molar-refractivity contribution in [2.45, 2.75) is 13.5 Å². The van der Waals surface area contributed by atoms with Crippen LogP contribution >= 0.6 is 11.6 Å². The fraction of sp³-hybridized carbons (Fsp3) is 0.118. The molecule has 1 aliphatic rings. The molecule has 0 atom stereocenters. The van der Waals surface area contributed by atoms with Crippen molar-refractivity contribution in [2.24, 2.45) is 4.99 Å². The molecule has 1 aliphatic heterocycles. The molecule has 0 aromatic heterocycles. The minimum absolute atomic E-state index is 0.274. The Bertz CT molecular complexity index is 903. The standard InChI is InChI=1S/C17H15ClN2O2S/c1-12-16(13-7-3-2-4-8-13)23(21,22)20-17(12)19-11-14-9-5-6-10-15(14)18/h2-10H,11H2,1H3,(H,19,20). The molecular weight excluding hydrogens is 332 g/mol. The van der Waals surface area contributed by atoms with Crippen LogP contribution in [0.5, 0.6) is 0 Å². The summed E-state index contributed by atoms with van der Waals surface area (Å²) < 4.78 is 27.3. The minimum atomic E-state index is -3.59. The van der Waals surface area contributed by atoms with Gasteiger partial charge in [0.05, 0.1) is 6.54 Å². The topological polar surface area (TPSA) is 58.5 Å². The molecule has 0 spiro atoms. The van der Waals surface area contributed by atoms with E-state index in [0.29, 0.717) is 28.5 Å². The van der Waals surface area contributed by atoms with Crippen molar-refractivity contribution < 1.29 is 8.42 Å². The highest BCUT2D eigenvalue weighted by Gasteiger charge is 2.32. The predicted molar refractivity (Wildman–Crippen MR) is 93.7 cm³/mol. The van der Waals surface area contributed by atoms with Gasteiger partial charge in [-0.05, 0) is 24.1 Å². The summed E-state index contributed by atoms with van der Waals surface area (Å²) in [4.78, 5) is 4.66. The quantitative estimate of drug-likeness (QED) is 0.923. The van der Waals surface area contributed by atoms with Gasteiger partial charge in [-0.3, -0.25) is 9.71 Å². The number of rotatable bonds is 3. The molecule has 0 fully saturated rings. The summed E-state index contributed by atoms with van der Waals surface area (Å²) in [5.41, 5.74) is 2.12. The molecule has 0 saturated heterocycles. The number of halogens is 1. The number of hydrogen-bond acceptors (Lipinski definition) is 3. The number of benzene rings is 2. The number of nitrogens with zero attached hydrogens (tertiary/aromatic N) is 1. The van der Waals surface area contributed by atoms with E-state index in [1.165, 1.54) is 0 Å². The third-order valence-electron chi connectivity index (χ3n) is 3.60. The monoisotopic (exact) mass is 346 g/mol. The van der Waals surface area contributed by atoms with Gasteiger partial charge in [0.1, 0.15) is 10.7 Å². The van der Waals surface area contributed by atoms with Crippen LogP contribution in [-0.4, -0.2) is 14.3 Å². The van der Waals surface area contributed by atoms with Crippen LogP contribution in [0.1, 0.15) is 18.1 Å². The van der Waals surface area contributed by atoms with Crippen LogP contribution in [0.15, 0.2) is 65.2 Å². The van der Waals surface area contributed by atoms with Crippen molar-refractivity contribution in [3.05, 3.63) is 76.3 Å². The molecular formula is C17H15ClN2O2S. The van der Waals surface area contributed by atoms with Gasteiger partial charge in [-0.2, -0.15) is 0 Å². The Morgan fingerprint density at radius 3 is 2.39 bits per heavy atom. The zero-order valence-electron chi connectivity index (χ0n) is 12.5. The predicted octanol–water partition coefficient (Wildman–Crippen LogP) is 3.60. The van der Waals surface area contributed by atoms with E-state index in [-0.39, 0.29) is 4.91 Å². The van der Waals surface area contributed by atoms with E-state index >= 15 is 0 Å². The first kappa shape index (κ1) is 15.8. The van der Waals surface area contributed by atoms with Crippen LogP contribution < -0.4 is 4.72 Å². The van der Waals surface area contributed by atoms with Crippen molar-refractivity contribution in [3.8, 4) is 0 Å². The molecule has 2 aromatic carbocycles. The summed E-state index contributed by atoms with van der Waals surface area (Å²) in [6, 6.07) is 16.4. The van der Waals surface area contributed by atoms with Crippen molar-refractivity contribution in [1.29, 1.82) is 0 Å². The van der Waals surface area contributed by atoms with Gasteiger partial charge in [0, 0.05) is 10.6 Å². The molecule has 0 bridgehead atoms. The average Bonchev–Trinajstić information content (AvgIpc) is 2.76. The lowest BCUT2D eigenvalue weighted by molar-refractivity contribution is 0.603. The minimum Gasteiger partial charge on any atom is -0.263 e. The Morgan fingerprint density at radius 1 is 1.04 bits per heavy atom. The van der Waals surface area contributed by atoms with Crippen LogP contribution in [0.25, 0.3) is 4.91 Å². The lowest BCUT2D eigenvalue weighted by Gasteiger charge is -2.02. The zero-order chi connectivity index (χ0) is 16.4. The molecule has 118 valence electrons. The zero-order valence-corrected chi connectivity index (χ0v) is 14.0. The molecule has 0 saturated carbocycles. The number of sulfonamides is 1. The molecule has 1 heterocycles. The summed E-state index contributed by atoms with van der Waals surface area (Å²) in [6.45, 7) is 2.07. The summed E-state index contributed by atoms with van der Waals surface area (Å²) in [5, 5.41) is 0.614. The molecule has 0 aliphatic carbocycles. The van der Waals surface area contributed by atoms with E-state index in [0.717, 1.165) is 5.56 Å². The number of amidine groups is 1. The van der Waals surface area contributed by atoms with Crippen molar-refractivity contribution in [1.82, 2.24) is 4.72 Å². The molecule has 6 heteroatoms. The maximum absolute atomic E-state index is 12.4. The second-order valence-corrected chi connectivity index (χ2v) is 7.21. The molecule has 0 amide bonds. The highest BCUT2D eigenvalue weighted by molar-refractivity contribution is 8.00. The normalized spacial score (nSPS) is 18.3. The van der Waals surface area contributed by atoms with Crippen molar-refractivity contribution in [3.63, 3.8) is 0 Å². The lowest BCUT2D eigenvalue weighted by atomic mass is 10.1. The van der Waals surface area contributed by atoms with Crippen LogP contribution in [0.4, 0.5) is 0 Å². The Morgan fingerprint density at radius 2 is 1.70 bits per heavy atom. The van der Waals surface area contributed by atoms with Gasteiger partial charge in [0.2, 0.25) is 0 Å². The van der Waals surface area contributed by atoms with Crippen LogP contribution in [-0.2, 0) is 16.6 Å². The van der Waals surface area contributed by atoms with Gasteiger partial charge in [-0.15, -0.1) is 0 Å². The van der Waals surface area contributed by atoms with Crippen molar-refractivity contribution >= 4 is 32.4 Å². The first-order valence-electron chi connectivity index (χ1n) is 7.06. The van der Waals surface area contributed by atoms with Crippen LogP contribution in [0.3, 0.4) is 0 Å². The van der Waals surface area contributed by atoms with Gasteiger partial charge in [-0.25, -0.2) is 8.42 Å². The summed E-state index contributed by atoms with van der Waals surface area (Å²) in [6.07, 6.45) is 0. The molecule has 0 unspecified atom stereocenters. The average molecular weight is 347 g/mol.